The molecule has 0 radical (unpaired) electrons. The molecular formula is C13H27NO2. The Balaban J connectivity index is 2.20. The zero-order valence-corrected chi connectivity index (χ0v) is 11.4. The van der Waals surface area contributed by atoms with Crippen LogP contribution in [0.2, 0.25) is 0 Å². The summed E-state index contributed by atoms with van der Waals surface area (Å²) in [6, 6.07) is 0.155. The van der Waals surface area contributed by atoms with Crippen LogP contribution in [0.5, 0.6) is 0 Å². The average molecular weight is 229 g/mol. The van der Waals surface area contributed by atoms with Crippen molar-refractivity contribution >= 4 is 0 Å². The number of rotatable bonds is 4. The Morgan fingerprint density at radius 3 is 2.31 bits per heavy atom. The average Bonchev–Trinajstić information content (AvgIpc) is 2.37. The van der Waals surface area contributed by atoms with Crippen LogP contribution in [0.15, 0.2) is 0 Å². The molecule has 0 bridgehead atoms. The molecule has 0 saturated heterocycles. The summed E-state index contributed by atoms with van der Waals surface area (Å²) in [7, 11) is 0. The molecule has 2 atom stereocenters. The fourth-order valence-corrected chi connectivity index (χ4v) is 2.10. The summed E-state index contributed by atoms with van der Waals surface area (Å²) in [5, 5.41) is 0. The Morgan fingerprint density at radius 1 is 1.25 bits per heavy atom. The van der Waals surface area contributed by atoms with Crippen molar-refractivity contribution in [2.24, 2.45) is 11.1 Å². The largest absolute Gasteiger partial charge is 0.374 e. The third-order valence-corrected chi connectivity index (χ3v) is 3.33. The second-order valence-corrected chi connectivity index (χ2v) is 6.42. The molecule has 0 aromatic carbocycles. The molecule has 2 unspecified atom stereocenters. The predicted molar refractivity (Wildman–Crippen MR) is 66.4 cm³/mol. The van der Waals surface area contributed by atoms with Crippen LogP contribution in [0.3, 0.4) is 0 Å². The minimum atomic E-state index is -0.0829. The molecule has 0 aromatic heterocycles. The molecule has 1 aliphatic rings. The van der Waals surface area contributed by atoms with E-state index in [-0.39, 0.29) is 23.2 Å². The van der Waals surface area contributed by atoms with Gasteiger partial charge in [-0.2, -0.15) is 0 Å². The van der Waals surface area contributed by atoms with E-state index >= 15 is 0 Å². The molecule has 0 aliphatic heterocycles. The lowest BCUT2D eigenvalue weighted by molar-refractivity contribution is -0.0547. The molecule has 1 saturated carbocycles. The quantitative estimate of drug-likeness (QED) is 0.753. The fraction of sp³-hybridized carbons (Fsp3) is 1.00. The van der Waals surface area contributed by atoms with Crippen LogP contribution in [-0.4, -0.2) is 31.0 Å². The molecular weight excluding hydrogens is 202 g/mol. The molecule has 1 rings (SSSR count). The van der Waals surface area contributed by atoms with Crippen LogP contribution in [0.25, 0.3) is 0 Å². The molecule has 96 valence electrons. The number of hydrogen-bond donors (Lipinski definition) is 1. The van der Waals surface area contributed by atoms with E-state index in [0.717, 1.165) is 12.8 Å². The minimum absolute atomic E-state index is 0.0829. The van der Waals surface area contributed by atoms with Crippen LogP contribution in [0, 0.1) is 5.41 Å². The third kappa shape index (κ3) is 4.04. The highest BCUT2D eigenvalue weighted by Crippen LogP contribution is 2.37. The summed E-state index contributed by atoms with van der Waals surface area (Å²) in [4.78, 5) is 0. The lowest BCUT2D eigenvalue weighted by atomic mass is 9.88. The van der Waals surface area contributed by atoms with E-state index in [1.54, 1.807) is 0 Å². The third-order valence-electron chi connectivity index (χ3n) is 3.33. The highest BCUT2D eigenvalue weighted by molar-refractivity contribution is 4.95. The summed E-state index contributed by atoms with van der Waals surface area (Å²) in [6.45, 7) is 11.9. The van der Waals surface area contributed by atoms with Crippen molar-refractivity contribution < 1.29 is 9.47 Å². The smallest absolute Gasteiger partial charge is 0.0732 e. The van der Waals surface area contributed by atoms with Gasteiger partial charge in [0, 0.05) is 6.04 Å². The van der Waals surface area contributed by atoms with Crippen LogP contribution in [0.4, 0.5) is 0 Å². The van der Waals surface area contributed by atoms with Gasteiger partial charge in [0.2, 0.25) is 0 Å². The molecule has 0 heterocycles. The highest BCUT2D eigenvalue weighted by Gasteiger charge is 2.39. The summed E-state index contributed by atoms with van der Waals surface area (Å²) in [6.07, 6.45) is 2.43. The van der Waals surface area contributed by atoms with Crippen LogP contribution in [0.1, 0.15) is 47.5 Å². The Hall–Kier alpha value is -0.120. The Kier molecular flexibility index (Phi) is 4.38. The van der Waals surface area contributed by atoms with Gasteiger partial charge in [-0.15, -0.1) is 0 Å². The summed E-state index contributed by atoms with van der Waals surface area (Å²) in [5.74, 6) is 0. The molecule has 2 N–H and O–H groups in total. The Labute approximate surface area is 99.7 Å². The Bertz CT molecular complexity index is 220. The summed E-state index contributed by atoms with van der Waals surface area (Å²) >= 11 is 0. The first-order chi connectivity index (χ1) is 7.22. The van der Waals surface area contributed by atoms with Gasteiger partial charge in [-0.3, -0.25) is 0 Å². The molecule has 0 spiro atoms. The monoisotopic (exact) mass is 229 g/mol. The summed E-state index contributed by atoms with van der Waals surface area (Å²) in [5.41, 5.74) is 6.29. The van der Waals surface area contributed by atoms with Crippen molar-refractivity contribution in [3.63, 3.8) is 0 Å². The van der Waals surface area contributed by atoms with Crippen LogP contribution < -0.4 is 5.73 Å². The SMILES string of the molecule is CC(C)(C)OCCOC1CCC(C)(C)C1N. The standard InChI is InChI=1S/C13H27NO2/c1-12(2,3)16-9-8-15-10-6-7-13(4,5)11(10)14/h10-11H,6-9,14H2,1-5H3. The first-order valence-electron chi connectivity index (χ1n) is 6.23. The predicted octanol–water partition coefficient (Wildman–Crippen LogP) is 2.33. The van der Waals surface area contributed by atoms with Gasteiger partial charge in [-0.1, -0.05) is 13.8 Å². The van der Waals surface area contributed by atoms with Crippen molar-refractivity contribution in [3.8, 4) is 0 Å². The van der Waals surface area contributed by atoms with E-state index in [4.69, 9.17) is 15.2 Å². The zero-order chi connectivity index (χ0) is 12.4. The maximum atomic E-state index is 6.16. The molecule has 16 heavy (non-hydrogen) atoms. The van der Waals surface area contributed by atoms with E-state index in [2.05, 4.69) is 34.6 Å². The number of nitrogens with two attached hydrogens (primary N) is 1. The lowest BCUT2D eigenvalue weighted by Gasteiger charge is -2.27. The van der Waals surface area contributed by atoms with Gasteiger partial charge in [0.1, 0.15) is 0 Å². The van der Waals surface area contributed by atoms with Crippen molar-refractivity contribution in [1.29, 1.82) is 0 Å². The topological polar surface area (TPSA) is 44.5 Å². The van der Waals surface area contributed by atoms with E-state index in [9.17, 15) is 0 Å². The van der Waals surface area contributed by atoms with E-state index in [1.165, 1.54) is 0 Å². The maximum absolute atomic E-state index is 6.16. The van der Waals surface area contributed by atoms with Crippen molar-refractivity contribution in [2.45, 2.75) is 65.2 Å². The van der Waals surface area contributed by atoms with E-state index in [1.807, 2.05) is 0 Å². The molecule has 0 amide bonds. The van der Waals surface area contributed by atoms with Crippen LogP contribution >= 0.6 is 0 Å². The highest BCUT2D eigenvalue weighted by atomic mass is 16.5. The first kappa shape index (κ1) is 13.9. The molecule has 0 aromatic rings. The maximum Gasteiger partial charge on any atom is 0.0732 e. The fourth-order valence-electron chi connectivity index (χ4n) is 2.10. The number of hydrogen-bond acceptors (Lipinski definition) is 3. The molecule has 3 heteroatoms. The van der Waals surface area contributed by atoms with Gasteiger partial charge in [0.25, 0.3) is 0 Å². The van der Waals surface area contributed by atoms with Crippen LogP contribution in [-0.2, 0) is 9.47 Å². The van der Waals surface area contributed by atoms with E-state index in [0.29, 0.717) is 13.2 Å². The number of ether oxygens (including phenoxy) is 2. The normalized spacial score (nSPS) is 29.6. The first-order valence-corrected chi connectivity index (χ1v) is 6.23. The van der Waals surface area contributed by atoms with Crippen molar-refractivity contribution in [2.75, 3.05) is 13.2 Å². The molecule has 1 fully saturated rings. The molecule has 3 nitrogen and oxygen atoms in total. The Morgan fingerprint density at radius 2 is 1.88 bits per heavy atom. The van der Waals surface area contributed by atoms with Gasteiger partial charge in [-0.05, 0) is 39.0 Å². The van der Waals surface area contributed by atoms with Gasteiger partial charge in [0.05, 0.1) is 24.9 Å². The molecule has 1 aliphatic carbocycles. The van der Waals surface area contributed by atoms with Gasteiger partial charge < -0.3 is 15.2 Å². The lowest BCUT2D eigenvalue weighted by Crippen LogP contribution is -2.41. The summed E-state index contributed by atoms with van der Waals surface area (Å²) < 4.78 is 11.4. The second-order valence-electron chi connectivity index (χ2n) is 6.42. The van der Waals surface area contributed by atoms with Gasteiger partial charge in [0.15, 0.2) is 0 Å². The van der Waals surface area contributed by atoms with E-state index < -0.39 is 0 Å². The van der Waals surface area contributed by atoms with Crippen molar-refractivity contribution in [1.82, 2.24) is 0 Å². The van der Waals surface area contributed by atoms with Gasteiger partial charge >= 0.3 is 0 Å². The zero-order valence-electron chi connectivity index (χ0n) is 11.4. The van der Waals surface area contributed by atoms with Gasteiger partial charge in [-0.25, -0.2) is 0 Å². The van der Waals surface area contributed by atoms with Crippen molar-refractivity contribution in [3.05, 3.63) is 0 Å². The minimum Gasteiger partial charge on any atom is -0.374 e. The second kappa shape index (κ2) is 5.03.